The molecule has 104 valence electrons. The molecule has 1 fully saturated rings. The van der Waals surface area contributed by atoms with Gasteiger partial charge in [0.1, 0.15) is 6.61 Å². The standard InChI is InChI=1S/C15H22N2O2/c1-3-14-10-7-11-17(14)16(2)15(18)19-12-13-8-5-4-6-9-13/h4-6,8-9,14H,3,7,10-12H2,1-2H3/t14-/m0/s1. The number of hydrogen-bond donors (Lipinski definition) is 0. The summed E-state index contributed by atoms with van der Waals surface area (Å²) in [6, 6.07) is 10.2. The maximum atomic E-state index is 12.0. The van der Waals surface area contributed by atoms with Crippen molar-refractivity contribution in [3.8, 4) is 0 Å². The second-order valence-electron chi connectivity index (χ2n) is 4.93. The average molecular weight is 262 g/mol. The van der Waals surface area contributed by atoms with Gasteiger partial charge in [0.25, 0.3) is 0 Å². The molecule has 4 heteroatoms. The molecule has 1 heterocycles. The molecule has 0 unspecified atom stereocenters. The van der Waals surface area contributed by atoms with Gasteiger partial charge < -0.3 is 4.74 Å². The number of hydrogen-bond acceptors (Lipinski definition) is 3. The van der Waals surface area contributed by atoms with Gasteiger partial charge in [0.15, 0.2) is 0 Å². The first-order valence-electron chi connectivity index (χ1n) is 6.93. The Kier molecular flexibility index (Phi) is 4.80. The lowest BCUT2D eigenvalue weighted by atomic mass is 10.2. The molecule has 19 heavy (non-hydrogen) atoms. The summed E-state index contributed by atoms with van der Waals surface area (Å²) in [5, 5.41) is 3.75. The summed E-state index contributed by atoms with van der Waals surface area (Å²) in [5.41, 5.74) is 1.01. The smallest absolute Gasteiger partial charge is 0.424 e. The Balaban J connectivity index is 1.85. The molecule has 1 atom stereocenters. The van der Waals surface area contributed by atoms with Crippen LogP contribution in [0.25, 0.3) is 0 Å². The fraction of sp³-hybridized carbons (Fsp3) is 0.533. The highest BCUT2D eigenvalue weighted by molar-refractivity contribution is 5.66. The molecule has 2 rings (SSSR count). The number of amides is 1. The van der Waals surface area contributed by atoms with E-state index in [1.807, 2.05) is 30.3 Å². The maximum Gasteiger partial charge on any atom is 0.424 e. The number of carbonyl (C=O) groups is 1. The Morgan fingerprint density at radius 3 is 2.84 bits per heavy atom. The highest BCUT2D eigenvalue weighted by Gasteiger charge is 2.29. The molecule has 1 amide bonds. The first-order valence-corrected chi connectivity index (χ1v) is 6.93. The van der Waals surface area contributed by atoms with Gasteiger partial charge in [0.05, 0.1) is 0 Å². The minimum absolute atomic E-state index is 0.274. The lowest BCUT2D eigenvalue weighted by Crippen LogP contribution is -2.46. The van der Waals surface area contributed by atoms with Crippen LogP contribution in [0.4, 0.5) is 4.79 Å². The third-order valence-electron chi connectivity index (χ3n) is 3.67. The summed E-state index contributed by atoms with van der Waals surface area (Å²) in [6.45, 7) is 3.43. The number of rotatable bonds is 4. The van der Waals surface area contributed by atoms with Crippen LogP contribution in [0, 0.1) is 0 Å². The van der Waals surface area contributed by atoms with Gasteiger partial charge in [-0.25, -0.2) is 14.8 Å². The summed E-state index contributed by atoms with van der Waals surface area (Å²) < 4.78 is 5.34. The van der Waals surface area contributed by atoms with E-state index >= 15 is 0 Å². The van der Waals surface area contributed by atoms with Gasteiger partial charge in [-0.1, -0.05) is 37.3 Å². The van der Waals surface area contributed by atoms with Crippen molar-refractivity contribution in [2.45, 2.75) is 38.8 Å². The number of benzene rings is 1. The molecular formula is C15H22N2O2. The maximum absolute atomic E-state index is 12.0. The van der Waals surface area contributed by atoms with Crippen LogP contribution in [0.15, 0.2) is 30.3 Å². The van der Waals surface area contributed by atoms with E-state index in [0.717, 1.165) is 31.4 Å². The molecule has 1 aromatic rings. The molecule has 0 aromatic heterocycles. The van der Waals surface area contributed by atoms with Crippen molar-refractivity contribution < 1.29 is 9.53 Å². The fourth-order valence-corrected chi connectivity index (χ4v) is 2.55. The lowest BCUT2D eigenvalue weighted by Gasteiger charge is -2.32. The lowest BCUT2D eigenvalue weighted by molar-refractivity contribution is -0.0170. The molecule has 4 nitrogen and oxygen atoms in total. The molecule has 1 saturated heterocycles. The summed E-state index contributed by atoms with van der Waals surface area (Å²) in [7, 11) is 1.79. The van der Waals surface area contributed by atoms with Crippen LogP contribution < -0.4 is 0 Å². The van der Waals surface area contributed by atoms with Gasteiger partial charge in [-0.2, -0.15) is 0 Å². The first kappa shape index (κ1) is 13.9. The zero-order chi connectivity index (χ0) is 13.7. The molecule has 0 radical (unpaired) electrons. The third-order valence-corrected chi connectivity index (χ3v) is 3.67. The van der Waals surface area contributed by atoms with E-state index in [4.69, 9.17) is 4.74 Å². The number of hydrazine groups is 1. The first-order chi connectivity index (χ1) is 9.22. The zero-order valence-corrected chi connectivity index (χ0v) is 11.7. The minimum Gasteiger partial charge on any atom is -0.444 e. The van der Waals surface area contributed by atoms with Crippen LogP contribution in [-0.2, 0) is 11.3 Å². The van der Waals surface area contributed by atoms with Crippen LogP contribution >= 0.6 is 0 Å². The molecule has 0 bridgehead atoms. The normalized spacial score (nSPS) is 19.4. The van der Waals surface area contributed by atoms with Crippen molar-refractivity contribution in [3.05, 3.63) is 35.9 Å². The molecule has 0 aliphatic carbocycles. The summed E-state index contributed by atoms with van der Waals surface area (Å²) >= 11 is 0. The van der Waals surface area contributed by atoms with E-state index in [0.29, 0.717) is 12.6 Å². The molecule has 0 spiro atoms. The van der Waals surface area contributed by atoms with Crippen molar-refractivity contribution >= 4 is 6.09 Å². The van der Waals surface area contributed by atoms with E-state index < -0.39 is 0 Å². The summed E-state index contributed by atoms with van der Waals surface area (Å²) in [6.07, 6.45) is 3.10. The highest BCUT2D eigenvalue weighted by Crippen LogP contribution is 2.21. The minimum atomic E-state index is -0.274. The quantitative estimate of drug-likeness (QED) is 0.836. The fourth-order valence-electron chi connectivity index (χ4n) is 2.55. The van der Waals surface area contributed by atoms with Crippen molar-refractivity contribution in [3.63, 3.8) is 0 Å². The number of ether oxygens (including phenoxy) is 1. The van der Waals surface area contributed by atoms with Crippen molar-refractivity contribution in [1.82, 2.24) is 10.0 Å². The summed E-state index contributed by atoms with van der Waals surface area (Å²) in [4.78, 5) is 12.0. The monoisotopic (exact) mass is 262 g/mol. The van der Waals surface area contributed by atoms with Gasteiger partial charge >= 0.3 is 6.09 Å². The third kappa shape index (κ3) is 3.47. The zero-order valence-electron chi connectivity index (χ0n) is 11.7. The van der Waals surface area contributed by atoms with Crippen LogP contribution in [0.2, 0.25) is 0 Å². The van der Waals surface area contributed by atoms with Crippen LogP contribution in [0.3, 0.4) is 0 Å². The second kappa shape index (κ2) is 6.57. The Hall–Kier alpha value is -1.55. The Morgan fingerprint density at radius 1 is 1.42 bits per heavy atom. The molecular weight excluding hydrogens is 240 g/mol. The Morgan fingerprint density at radius 2 is 2.16 bits per heavy atom. The van der Waals surface area contributed by atoms with Crippen molar-refractivity contribution in [1.29, 1.82) is 0 Å². The second-order valence-corrected chi connectivity index (χ2v) is 4.93. The van der Waals surface area contributed by atoms with E-state index in [1.165, 1.54) is 0 Å². The van der Waals surface area contributed by atoms with Crippen molar-refractivity contribution in [2.75, 3.05) is 13.6 Å². The Labute approximate surface area is 114 Å². The molecule has 1 aliphatic heterocycles. The number of carbonyl (C=O) groups excluding carboxylic acids is 1. The van der Waals surface area contributed by atoms with Gasteiger partial charge in [0, 0.05) is 19.6 Å². The van der Waals surface area contributed by atoms with E-state index in [-0.39, 0.29) is 6.09 Å². The predicted octanol–water partition coefficient (Wildman–Crippen LogP) is 3.04. The molecule has 0 N–H and O–H groups in total. The largest absolute Gasteiger partial charge is 0.444 e. The average Bonchev–Trinajstić information content (AvgIpc) is 2.93. The molecule has 1 aromatic carbocycles. The highest BCUT2D eigenvalue weighted by atomic mass is 16.6. The van der Waals surface area contributed by atoms with E-state index in [2.05, 4.69) is 11.9 Å². The van der Waals surface area contributed by atoms with E-state index in [1.54, 1.807) is 12.1 Å². The van der Waals surface area contributed by atoms with Gasteiger partial charge in [-0.3, -0.25) is 0 Å². The SMILES string of the molecule is CC[C@H]1CCCN1N(C)C(=O)OCc1ccccc1. The van der Waals surface area contributed by atoms with Crippen LogP contribution in [0.5, 0.6) is 0 Å². The topological polar surface area (TPSA) is 32.8 Å². The van der Waals surface area contributed by atoms with Gasteiger partial charge in [-0.15, -0.1) is 0 Å². The molecule has 1 aliphatic rings. The molecule has 0 saturated carbocycles. The number of nitrogens with zero attached hydrogens (tertiary/aromatic N) is 2. The predicted molar refractivity (Wildman–Crippen MR) is 74.4 cm³/mol. The van der Waals surface area contributed by atoms with Gasteiger partial charge in [0.2, 0.25) is 0 Å². The Bertz CT molecular complexity index is 408. The van der Waals surface area contributed by atoms with Crippen LogP contribution in [0.1, 0.15) is 31.7 Å². The van der Waals surface area contributed by atoms with Gasteiger partial charge in [-0.05, 0) is 24.8 Å². The van der Waals surface area contributed by atoms with Crippen LogP contribution in [-0.4, -0.2) is 35.7 Å². The van der Waals surface area contributed by atoms with E-state index in [9.17, 15) is 4.79 Å². The summed E-state index contributed by atoms with van der Waals surface area (Å²) in [5.74, 6) is 0. The van der Waals surface area contributed by atoms with Crippen molar-refractivity contribution in [2.24, 2.45) is 0 Å².